The standard InChI is InChI=1S/C14H20N2O3/c1-11(13(17)18)7-6-10-15-14(19)16(2)12-8-4-3-5-9-12/h3-5,8-9,11H,6-7,10H2,1-2H3,(H,15,19)(H,17,18). The van der Waals surface area contributed by atoms with E-state index in [2.05, 4.69) is 5.32 Å². The summed E-state index contributed by atoms with van der Waals surface area (Å²) in [5.41, 5.74) is 0.818. The Hall–Kier alpha value is -2.04. The van der Waals surface area contributed by atoms with Gasteiger partial charge in [0.05, 0.1) is 5.92 Å². The van der Waals surface area contributed by atoms with E-state index in [-0.39, 0.29) is 11.9 Å². The minimum Gasteiger partial charge on any atom is -0.481 e. The van der Waals surface area contributed by atoms with Crippen LogP contribution >= 0.6 is 0 Å². The van der Waals surface area contributed by atoms with Crippen LogP contribution in [-0.4, -0.2) is 30.7 Å². The molecule has 1 unspecified atom stereocenters. The number of carbonyl (C=O) groups is 2. The predicted octanol–water partition coefficient (Wildman–Crippen LogP) is 2.33. The van der Waals surface area contributed by atoms with Crippen LogP contribution in [0, 0.1) is 5.92 Å². The van der Waals surface area contributed by atoms with Gasteiger partial charge >= 0.3 is 12.0 Å². The van der Waals surface area contributed by atoms with E-state index in [9.17, 15) is 9.59 Å². The quantitative estimate of drug-likeness (QED) is 0.775. The number of urea groups is 1. The number of hydrogen-bond acceptors (Lipinski definition) is 2. The highest BCUT2D eigenvalue weighted by molar-refractivity contribution is 5.91. The molecule has 104 valence electrons. The molecule has 1 aromatic rings. The van der Waals surface area contributed by atoms with Gasteiger partial charge in [-0.3, -0.25) is 9.69 Å². The van der Waals surface area contributed by atoms with E-state index in [4.69, 9.17) is 5.11 Å². The second-order valence-electron chi connectivity index (χ2n) is 4.51. The lowest BCUT2D eigenvalue weighted by Crippen LogP contribution is -2.37. The third-order valence-electron chi connectivity index (χ3n) is 2.96. The molecular formula is C14H20N2O3. The number of carboxylic acid groups (broad SMARTS) is 1. The van der Waals surface area contributed by atoms with Gasteiger partial charge in [0.25, 0.3) is 0 Å². The molecule has 2 amide bonds. The summed E-state index contributed by atoms with van der Waals surface area (Å²) in [6, 6.07) is 9.15. The zero-order valence-electron chi connectivity index (χ0n) is 11.3. The molecule has 5 heteroatoms. The molecular weight excluding hydrogens is 244 g/mol. The van der Waals surface area contributed by atoms with E-state index in [1.165, 1.54) is 4.90 Å². The van der Waals surface area contributed by atoms with Crippen LogP contribution in [0.25, 0.3) is 0 Å². The van der Waals surface area contributed by atoms with E-state index in [1.54, 1.807) is 14.0 Å². The van der Waals surface area contributed by atoms with E-state index in [1.807, 2.05) is 30.3 Å². The van der Waals surface area contributed by atoms with Crippen LogP contribution in [-0.2, 0) is 4.79 Å². The summed E-state index contributed by atoms with van der Waals surface area (Å²) in [5, 5.41) is 11.5. The summed E-state index contributed by atoms with van der Waals surface area (Å²) in [5.74, 6) is -1.17. The van der Waals surface area contributed by atoms with Crippen molar-refractivity contribution in [2.75, 3.05) is 18.5 Å². The molecule has 1 rings (SSSR count). The Bertz CT molecular complexity index is 420. The van der Waals surface area contributed by atoms with E-state index in [0.29, 0.717) is 19.4 Å². The van der Waals surface area contributed by atoms with Gasteiger partial charge in [-0.25, -0.2) is 4.79 Å². The number of rotatable bonds is 6. The van der Waals surface area contributed by atoms with E-state index in [0.717, 1.165) is 5.69 Å². The van der Waals surface area contributed by atoms with Crippen molar-refractivity contribution < 1.29 is 14.7 Å². The van der Waals surface area contributed by atoms with Gasteiger partial charge in [-0.15, -0.1) is 0 Å². The monoisotopic (exact) mass is 264 g/mol. The minimum atomic E-state index is -0.798. The number of para-hydroxylation sites is 1. The Morgan fingerprint density at radius 1 is 1.32 bits per heavy atom. The molecule has 0 heterocycles. The predicted molar refractivity (Wildman–Crippen MR) is 74.3 cm³/mol. The Kier molecular flexibility index (Phi) is 5.85. The molecule has 0 saturated heterocycles. The van der Waals surface area contributed by atoms with Crippen LogP contribution in [0.4, 0.5) is 10.5 Å². The normalized spacial score (nSPS) is 11.7. The number of anilines is 1. The van der Waals surface area contributed by atoms with E-state index < -0.39 is 5.97 Å². The number of hydrogen-bond donors (Lipinski definition) is 2. The molecule has 1 aromatic carbocycles. The average Bonchev–Trinajstić information content (AvgIpc) is 2.43. The third kappa shape index (κ3) is 4.99. The summed E-state index contributed by atoms with van der Waals surface area (Å²) >= 11 is 0. The van der Waals surface area contributed by atoms with Crippen molar-refractivity contribution in [1.29, 1.82) is 0 Å². The summed E-state index contributed by atoms with van der Waals surface area (Å²) in [7, 11) is 1.70. The van der Waals surface area contributed by atoms with Crippen molar-refractivity contribution in [3.05, 3.63) is 30.3 Å². The molecule has 0 fully saturated rings. The van der Waals surface area contributed by atoms with Gasteiger partial charge in [0.2, 0.25) is 0 Å². The van der Waals surface area contributed by atoms with Gasteiger partial charge < -0.3 is 10.4 Å². The van der Waals surface area contributed by atoms with Crippen molar-refractivity contribution in [1.82, 2.24) is 5.32 Å². The van der Waals surface area contributed by atoms with Gasteiger partial charge in [-0.05, 0) is 25.0 Å². The van der Waals surface area contributed by atoms with Gasteiger partial charge in [0.15, 0.2) is 0 Å². The van der Waals surface area contributed by atoms with Crippen LogP contribution in [0.3, 0.4) is 0 Å². The molecule has 19 heavy (non-hydrogen) atoms. The molecule has 5 nitrogen and oxygen atoms in total. The molecule has 0 aliphatic carbocycles. The third-order valence-corrected chi connectivity index (χ3v) is 2.96. The van der Waals surface area contributed by atoms with Crippen molar-refractivity contribution in [2.24, 2.45) is 5.92 Å². The Morgan fingerprint density at radius 2 is 1.95 bits per heavy atom. The molecule has 0 spiro atoms. The lowest BCUT2D eigenvalue weighted by Gasteiger charge is -2.18. The fourth-order valence-corrected chi connectivity index (χ4v) is 1.61. The van der Waals surface area contributed by atoms with Crippen LogP contribution in [0.2, 0.25) is 0 Å². The molecule has 0 radical (unpaired) electrons. The lowest BCUT2D eigenvalue weighted by atomic mass is 10.1. The Balaban J connectivity index is 2.30. The highest BCUT2D eigenvalue weighted by atomic mass is 16.4. The smallest absolute Gasteiger partial charge is 0.321 e. The second-order valence-corrected chi connectivity index (χ2v) is 4.51. The molecule has 0 bridgehead atoms. The summed E-state index contributed by atoms with van der Waals surface area (Å²) in [6.45, 7) is 2.15. The number of aliphatic carboxylic acids is 1. The number of nitrogens with one attached hydrogen (secondary N) is 1. The SMILES string of the molecule is CC(CCCNC(=O)N(C)c1ccccc1)C(=O)O. The highest BCUT2D eigenvalue weighted by Crippen LogP contribution is 2.11. The first-order chi connectivity index (χ1) is 9.02. The second kappa shape index (κ2) is 7.41. The lowest BCUT2D eigenvalue weighted by molar-refractivity contribution is -0.141. The molecule has 0 aromatic heterocycles. The number of nitrogens with zero attached hydrogens (tertiary/aromatic N) is 1. The highest BCUT2D eigenvalue weighted by Gasteiger charge is 2.12. The van der Waals surface area contributed by atoms with Crippen molar-refractivity contribution >= 4 is 17.7 Å². The molecule has 0 aliphatic heterocycles. The van der Waals surface area contributed by atoms with Crippen LogP contribution in [0.1, 0.15) is 19.8 Å². The summed E-state index contributed by atoms with van der Waals surface area (Å²) in [4.78, 5) is 24.0. The first kappa shape index (κ1) is 15.0. The Morgan fingerprint density at radius 3 is 2.53 bits per heavy atom. The van der Waals surface area contributed by atoms with Gasteiger partial charge in [0.1, 0.15) is 0 Å². The topological polar surface area (TPSA) is 69.6 Å². The maximum absolute atomic E-state index is 11.8. The van der Waals surface area contributed by atoms with Gasteiger partial charge in [-0.1, -0.05) is 25.1 Å². The number of carbonyl (C=O) groups excluding carboxylic acids is 1. The Labute approximate surface area is 113 Å². The van der Waals surface area contributed by atoms with Crippen molar-refractivity contribution in [2.45, 2.75) is 19.8 Å². The number of benzene rings is 1. The fourth-order valence-electron chi connectivity index (χ4n) is 1.61. The molecule has 1 atom stereocenters. The average molecular weight is 264 g/mol. The maximum atomic E-state index is 11.8. The number of amides is 2. The first-order valence-electron chi connectivity index (χ1n) is 6.31. The van der Waals surface area contributed by atoms with Crippen molar-refractivity contribution in [3.63, 3.8) is 0 Å². The van der Waals surface area contributed by atoms with Gasteiger partial charge in [-0.2, -0.15) is 0 Å². The van der Waals surface area contributed by atoms with E-state index >= 15 is 0 Å². The molecule has 0 saturated carbocycles. The summed E-state index contributed by atoms with van der Waals surface area (Å²) in [6.07, 6.45) is 1.21. The van der Waals surface area contributed by atoms with Gasteiger partial charge in [0, 0.05) is 19.3 Å². The van der Waals surface area contributed by atoms with Crippen molar-refractivity contribution in [3.8, 4) is 0 Å². The largest absolute Gasteiger partial charge is 0.481 e. The fraction of sp³-hybridized carbons (Fsp3) is 0.429. The van der Waals surface area contributed by atoms with Crippen LogP contribution in [0.15, 0.2) is 30.3 Å². The van der Waals surface area contributed by atoms with Crippen LogP contribution < -0.4 is 10.2 Å². The zero-order chi connectivity index (χ0) is 14.3. The number of carboxylic acids is 1. The zero-order valence-corrected chi connectivity index (χ0v) is 11.3. The molecule has 0 aliphatic rings. The van der Waals surface area contributed by atoms with Crippen LogP contribution in [0.5, 0.6) is 0 Å². The minimum absolute atomic E-state index is 0.186. The first-order valence-corrected chi connectivity index (χ1v) is 6.31. The molecule has 2 N–H and O–H groups in total. The summed E-state index contributed by atoms with van der Waals surface area (Å²) < 4.78 is 0. The maximum Gasteiger partial charge on any atom is 0.321 e.